The monoisotopic (exact) mass is 246 g/mol. The second-order valence-corrected chi connectivity index (χ2v) is 6.06. The zero-order valence-corrected chi connectivity index (χ0v) is 9.85. The van der Waals surface area contributed by atoms with E-state index in [1.54, 1.807) is 6.07 Å². The van der Waals surface area contributed by atoms with Crippen LogP contribution in [0.5, 0.6) is 0 Å². The minimum atomic E-state index is -2.98. The number of aryl methyl sites for hydroxylation is 1. The van der Waals surface area contributed by atoms with Crippen LogP contribution in [-0.4, -0.2) is 30.0 Å². The Hall–Kier alpha value is -0.650. The average molecular weight is 247 g/mol. The summed E-state index contributed by atoms with van der Waals surface area (Å²) in [7, 11) is -2.98. The molecule has 15 heavy (non-hydrogen) atoms. The number of halogens is 1. The van der Waals surface area contributed by atoms with Crippen molar-refractivity contribution in [3.63, 3.8) is 0 Å². The van der Waals surface area contributed by atoms with Crippen LogP contribution in [0.25, 0.3) is 0 Å². The van der Waals surface area contributed by atoms with Gasteiger partial charge in [0.05, 0.1) is 5.75 Å². The van der Waals surface area contributed by atoms with Crippen LogP contribution in [0.1, 0.15) is 11.3 Å². The van der Waals surface area contributed by atoms with Crippen LogP contribution < -0.4 is 0 Å². The molecule has 1 aromatic rings. The van der Waals surface area contributed by atoms with Crippen molar-refractivity contribution in [2.45, 2.75) is 13.5 Å². The third-order valence-corrected chi connectivity index (χ3v) is 4.32. The van der Waals surface area contributed by atoms with E-state index in [0.29, 0.717) is 18.2 Å². The maximum Gasteiger partial charge on any atom is 0.215 e. The first-order chi connectivity index (χ1) is 6.97. The van der Waals surface area contributed by atoms with Crippen LogP contribution >= 0.6 is 11.6 Å². The number of rotatable bonds is 2. The first-order valence-electron chi connectivity index (χ1n) is 4.58. The summed E-state index contributed by atoms with van der Waals surface area (Å²) in [4.78, 5) is 4.02. The van der Waals surface area contributed by atoms with E-state index in [0.717, 1.165) is 11.3 Å². The van der Waals surface area contributed by atoms with Crippen molar-refractivity contribution in [1.82, 2.24) is 9.29 Å². The molecule has 0 atom stereocenters. The minimum Gasteiger partial charge on any atom is -0.241 e. The molecule has 0 aliphatic carbocycles. The van der Waals surface area contributed by atoms with E-state index in [-0.39, 0.29) is 5.75 Å². The molecule has 0 radical (unpaired) electrons. The smallest absolute Gasteiger partial charge is 0.215 e. The molecule has 1 aromatic heterocycles. The van der Waals surface area contributed by atoms with Gasteiger partial charge in [0.2, 0.25) is 10.0 Å². The molecule has 0 unspecified atom stereocenters. The van der Waals surface area contributed by atoms with Gasteiger partial charge in [-0.15, -0.1) is 0 Å². The quantitative estimate of drug-likeness (QED) is 0.737. The van der Waals surface area contributed by atoms with Crippen LogP contribution in [0.15, 0.2) is 12.1 Å². The predicted molar refractivity (Wildman–Crippen MR) is 58.2 cm³/mol. The van der Waals surface area contributed by atoms with Crippen molar-refractivity contribution in [1.29, 1.82) is 0 Å². The van der Waals surface area contributed by atoms with Crippen LogP contribution in [0.4, 0.5) is 0 Å². The van der Waals surface area contributed by atoms with Gasteiger partial charge in [-0.25, -0.2) is 13.4 Å². The summed E-state index contributed by atoms with van der Waals surface area (Å²) >= 11 is 5.79. The number of sulfonamides is 1. The lowest BCUT2D eigenvalue weighted by Gasteiger charge is -2.30. The van der Waals surface area contributed by atoms with E-state index >= 15 is 0 Å². The highest BCUT2D eigenvalue weighted by atomic mass is 35.5. The highest BCUT2D eigenvalue weighted by molar-refractivity contribution is 7.90. The van der Waals surface area contributed by atoms with Gasteiger partial charge in [0.1, 0.15) is 5.15 Å². The Bertz CT molecular complexity index is 467. The fraction of sp³-hybridized carbons (Fsp3) is 0.444. The number of nitrogens with zero attached hydrogens (tertiary/aromatic N) is 2. The second-order valence-electron chi connectivity index (χ2n) is 3.59. The zero-order chi connectivity index (χ0) is 11.1. The zero-order valence-electron chi connectivity index (χ0n) is 8.27. The first-order valence-corrected chi connectivity index (χ1v) is 6.57. The van der Waals surface area contributed by atoms with Crippen molar-refractivity contribution in [3.8, 4) is 0 Å². The normalized spacial score (nSPS) is 19.9. The van der Waals surface area contributed by atoms with E-state index in [9.17, 15) is 8.42 Å². The van der Waals surface area contributed by atoms with E-state index in [4.69, 9.17) is 11.6 Å². The third kappa shape index (κ3) is 2.30. The summed E-state index contributed by atoms with van der Waals surface area (Å²) in [5.41, 5.74) is 1.69. The van der Waals surface area contributed by atoms with Gasteiger partial charge in [0.15, 0.2) is 0 Å². The molecular weight excluding hydrogens is 236 g/mol. The fourth-order valence-electron chi connectivity index (χ4n) is 1.54. The maximum absolute atomic E-state index is 11.3. The Morgan fingerprint density at radius 3 is 2.73 bits per heavy atom. The van der Waals surface area contributed by atoms with Gasteiger partial charge in [-0.2, -0.15) is 4.31 Å². The SMILES string of the molecule is Cc1cc(CN2CCS2(=O)=O)cc(Cl)n1. The van der Waals surface area contributed by atoms with Gasteiger partial charge in [0, 0.05) is 18.8 Å². The molecule has 1 saturated heterocycles. The molecular formula is C9H11ClN2O2S. The van der Waals surface area contributed by atoms with Crippen molar-refractivity contribution in [3.05, 3.63) is 28.5 Å². The molecule has 1 fully saturated rings. The van der Waals surface area contributed by atoms with Crippen molar-refractivity contribution in [2.24, 2.45) is 0 Å². The number of hydrogen-bond acceptors (Lipinski definition) is 3. The number of aromatic nitrogens is 1. The summed E-state index contributed by atoms with van der Waals surface area (Å²) < 4.78 is 24.0. The molecule has 6 heteroatoms. The first kappa shape index (κ1) is 10.9. The van der Waals surface area contributed by atoms with Crippen molar-refractivity contribution in [2.75, 3.05) is 12.3 Å². The van der Waals surface area contributed by atoms with Crippen LogP contribution in [-0.2, 0) is 16.6 Å². The van der Waals surface area contributed by atoms with E-state index < -0.39 is 10.0 Å². The number of hydrogen-bond donors (Lipinski definition) is 0. The topological polar surface area (TPSA) is 50.3 Å². The molecule has 0 bridgehead atoms. The molecule has 2 rings (SSSR count). The van der Waals surface area contributed by atoms with Gasteiger partial charge in [-0.1, -0.05) is 11.6 Å². The number of pyridine rings is 1. The third-order valence-electron chi connectivity index (χ3n) is 2.33. The molecule has 1 aliphatic rings. The second kappa shape index (κ2) is 3.73. The lowest BCUT2D eigenvalue weighted by Crippen LogP contribution is -2.46. The van der Waals surface area contributed by atoms with Crippen LogP contribution in [0, 0.1) is 6.92 Å². The Balaban J connectivity index is 2.18. The molecule has 0 amide bonds. The Morgan fingerprint density at radius 1 is 1.53 bits per heavy atom. The largest absolute Gasteiger partial charge is 0.241 e. The van der Waals surface area contributed by atoms with Crippen molar-refractivity contribution >= 4 is 21.6 Å². The maximum atomic E-state index is 11.3. The summed E-state index contributed by atoms with van der Waals surface area (Å²) in [5, 5.41) is 0.405. The minimum absolute atomic E-state index is 0.255. The van der Waals surface area contributed by atoms with Crippen LogP contribution in [0.3, 0.4) is 0 Å². The van der Waals surface area contributed by atoms with Gasteiger partial charge >= 0.3 is 0 Å². The van der Waals surface area contributed by atoms with Crippen LogP contribution in [0.2, 0.25) is 5.15 Å². The van der Waals surface area contributed by atoms with Gasteiger partial charge in [-0.05, 0) is 24.6 Å². The summed E-state index contributed by atoms with van der Waals surface area (Å²) in [6, 6.07) is 3.54. The molecule has 0 aromatic carbocycles. The molecule has 2 heterocycles. The van der Waals surface area contributed by atoms with Gasteiger partial charge in [-0.3, -0.25) is 0 Å². The Labute approximate surface area is 93.9 Å². The predicted octanol–water partition coefficient (Wildman–Crippen LogP) is 1.19. The lowest BCUT2D eigenvalue weighted by molar-refractivity contribution is 0.379. The highest BCUT2D eigenvalue weighted by Gasteiger charge is 2.32. The lowest BCUT2D eigenvalue weighted by atomic mass is 10.2. The molecule has 4 nitrogen and oxygen atoms in total. The summed E-state index contributed by atoms with van der Waals surface area (Å²) in [5.74, 6) is 0.255. The Kier molecular flexibility index (Phi) is 2.70. The molecule has 0 saturated carbocycles. The summed E-state index contributed by atoms with van der Waals surface area (Å²) in [6.45, 7) is 2.83. The summed E-state index contributed by atoms with van der Waals surface area (Å²) in [6.07, 6.45) is 0. The van der Waals surface area contributed by atoms with Gasteiger partial charge < -0.3 is 0 Å². The fourth-order valence-corrected chi connectivity index (χ4v) is 2.90. The van der Waals surface area contributed by atoms with E-state index in [2.05, 4.69) is 4.98 Å². The standard InChI is InChI=1S/C9H11ClN2O2S/c1-7-4-8(5-9(10)11-7)6-12-2-3-15(12,13)14/h4-5H,2-3,6H2,1H3. The van der Waals surface area contributed by atoms with Gasteiger partial charge in [0.25, 0.3) is 0 Å². The average Bonchev–Trinajstić information content (AvgIpc) is 2.11. The molecule has 1 aliphatic heterocycles. The molecule has 82 valence electrons. The Morgan fingerprint density at radius 2 is 2.27 bits per heavy atom. The van der Waals surface area contributed by atoms with Crippen molar-refractivity contribution < 1.29 is 8.42 Å². The molecule has 0 N–H and O–H groups in total. The highest BCUT2D eigenvalue weighted by Crippen LogP contribution is 2.19. The van der Waals surface area contributed by atoms with E-state index in [1.165, 1.54) is 4.31 Å². The van der Waals surface area contributed by atoms with E-state index in [1.807, 2.05) is 13.0 Å². The molecule has 0 spiro atoms.